The number of anilines is 2. The fraction of sp³-hybridized carbons (Fsp3) is 0.267. The van der Waals surface area contributed by atoms with Crippen LogP contribution in [0.4, 0.5) is 11.5 Å². The summed E-state index contributed by atoms with van der Waals surface area (Å²) in [4.78, 5) is 12.0. The molecule has 1 aromatic heterocycles. The normalized spacial score (nSPS) is 10.2. The van der Waals surface area contributed by atoms with E-state index < -0.39 is 0 Å². The number of ether oxygens (including phenoxy) is 1. The van der Waals surface area contributed by atoms with Crippen LogP contribution in [0.25, 0.3) is 0 Å². The molecule has 0 aliphatic heterocycles. The molecule has 0 unspecified atom stereocenters. The lowest BCUT2D eigenvalue weighted by molar-refractivity contribution is 0.102. The number of nitrogens with one attached hydrogen (secondary N) is 2. The van der Waals surface area contributed by atoms with Gasteiger partial charge in [0.2, 0.25) is 0 Å². The van der Waals surface area contributed by atoms with Gasteiger partial charge in [-0.25, -0.2) is 0 Å². The molecule has 0 radical (unpaired) electrons. The van der Waals surface area contributed by atoms with Gasteiger partial charge in [-0.1, -0.05) is 12.1 Å². The molecule has 6 nitrogen and oxygen atoms in total. The van der Waals surface area contributed by atoms with E-state index in [0.29, 0.717) is 19.0 Å². The van der Waals surface area contributed by atoms with Crippen LogP contribution in [0.5, 0.6) is 0 Å². The molecule has 0 saturated heterocycles. The first-order valence-electron chi connectivity index (χ1n) is 6.63. The Morgan fingerprint density at radius 2 is 2.10 bits per heavy atom. The van der Waals surface area contributed by atoms with Gasteiger partial charge in [0.25, 0.3) is 5.91 Å². The highest BCUT2D eigenvalue weighted by atomic mass is 16.5. The number of carbonyl (C=O) groups excluding carboxylic acids is 1. The van der Waals surface area contributed by atoms with Crippen LogP contribution in [0.15, 0.2) is 36.4 Å². The summed E-state index contributed by atoms with van der Waals surface area (Å²) < 4.78 is 4.93. The Morgan fingerprint density at radius 3 is 2.76 bits per heavy atom. The minimum absolute atomic E-state index is 0.272. The summed E-state index contributed by atoms with van der Waals surface area (Å²) in [6.45, 7) is 3.19. The van der Waals surface area contributed by atoms with Crippen molar-refractivity contribution in [1.82, 2.24) is 10.2 Å². The summed E-state index contributed by atoms with van der Waals surface area (Å²) in [5.41, 5.74) is 2.09. The SMILES string of the molecule is COCCNc1ccc(C(=O)Nc2cccc(C)c2)nn1. The number of amides is 1. The van der Waals surface area contributed by atoms with E-state index in [9.17, 15) is 4.79 Å². The molecule has 0 fully saturated rings. The van der Waals surface area contributed by atoms with Gasteiger partial charge in [0.1, 0.15) is 5.82 Å². The third-order valence-electron chi connectivity index (χ3n) is 2.79. The third-order valence-corrected chi connectivity index (χ3v) is 2.79. The number of hydrogen-bond acceptors (Lipinski definition) is 5. The van der Waals surface area contributed by atoms with E-state index >= 15 is 0 Å². The summed E-state index contributed by atoms with van der Waals surface area (Å²) in [6.07, 6.45) is 0. The maximum Gasteiger partial charge on any atom is 0.276 e. The molecule has 2 aromatic rings. The summed E-state index contributed by atoms with van der Waals surface area (Å²) in [7, 11) is 1.63. The second-order valence-electron chi connectivity index (χ2n) is 4.55. The molecular weight excluding hydrogens is 268 g/mol. The van der Waals surface area contributed by atoms with Crippen molar-refractivity contribution in [2.75, 3.05) is 30.9 Å². The van der Waals surface area contributed by atoms with Crippen LogP contribution in [0.3, 0.4) is 0 Å². The highest BCUT2D eigenvalue weighted by Gasteiger charge is 2.08. The maximum absolute atomic E-state index is 12.0. The van der Waals surface area contributed by atoms with E-state index in [2.05, 4.69) is 20.8 Å². The van der Waals surface area contributed by atoms with Crippen molar-refractivity contribution >= 4 is 17.4 Å². The molecule has 0 atom stereocenters. The first-order chi connectivity index (χ1) is 10.2. The van der Waals surface area contributed by atoms with Gasteiger partial charge in [0.15, 0.2) is 5.69 Å². The van der Waals surface area contributed by atoms with Gasteiger partial charge in [0, 0.05) is 19.3 Å². The molecule has 1 heterocycles. The minimum atomic E-state index is -0.281. The Labute approximate surface area is 123 Å². The van der Waals surface area contributed by atoms with E-state index in [-0.39, 0.29) is 11.6 Å². The topological polar surface area (TPSA) is 76.1 Å². The molecule has 1 amide bonds. The Morgan fingerprint density at radius 1 is 1.24 bits per heavy atom. The molecule has 1 aromatic carbocycles. The predicted molar refractivity (Wildman–Crippen MR) is 81.5 cm³/mol. The molecule has 110 valence electrons. The van der Waals surface area contributed by atoms with Crippen molar-refractivity contribution in [2.24, 2.45) is 0 Å². The fourth-order valence-electron chi connectivity index (χ4n) is 1.75. The standard InChI is InChI=1S/C15H18N4O2/c1-11-4-3-5-12(10-11)17-15(20)13-6-7-14(19-18-13)16-8-9-21-2/h3-7,10H,8-9H2,1-2H3,(H,16,19)(H,17,20). The van der Waals surface area contributed by atoms with Gasteiger partial charge in [-0.2, -0.15) is 0 Å². The van der Waals surface area contributed by atoms with Crippen LogP contribution in [-0.4, -0.2) is 36.4 Å². The largest absolute Gasteiger partial charge is 0.383 e. The van der Waals surface area contributed by atoms with Crippen molar-refractivity contribution in [2.45, 2.75) is 6.92 Å². The Balaban J connectivity index is 1.96. The van der Waals surface area contributed by atoms with Crippen LogP contribution in [0.1, 0.15) is 16.1 Å². The first-order valence-corrected chi connectivity index (χ1v) is 6.63. The monoisotopic (exact) mass is 286 g/mol. The molecule has 6 heteroatoms. The van der Waals surface area contributed by atoms with Crippen molar-refractivity contribution in [1.29, 1.82) is 0 Å². The number of methoxy groups -OCH3 is 1. The van der Waals surface area contributed by atoms with Crippen LogP contribution in [0.2, 0.25) is 0 Å². The average Bonchev–Trinajstić information content (AvgIpc) is 2.48. The van der Waals surface area contributed by atoms with E-state index in [0.717, 1.165) is 11.3 Å². The van der Waals surface area contributed by atoms with Crippen molar-refractivity contribution in [3.8, 4) is 0 Å². The predicted octanol–water partition coefficient (Wildman–Crippen LogP) is 2.10. The van der Waals surface area contributed by atoms with Crippen molar-refractivity contribution in [3.63, 3.8) is 0 Å². The molecule has 0 aliphatic rings. The molecule has 0 aliphatic carbocycles. The maximum atomic E-state index is 12.0. The summed E-state index contributed by atoms with van der Waals surface area (Å²) >= 11 is 0. The minimum Gasteiger partial charge on any atom is -0.383 e. The third kappa shape index (κ3) is 4.54. The highest BCUT2D eigenvalue weighted by molar-refractivity contribution is 6.02. The zero-order valence-corrected chi connectivity index (χ0v) is 12.1. The molecule has 2 rings (SSSR count). The average molecular weight is 286 g/mol. The molecular formula is C15H18N4O2. The van der Waals surface area contributed by atoms with Gasteiger partial charge in [-0.05, 0) is 36.8 Å². The number of nitrogens with zero attached hydrogens (tertiary/aromatic N) is 2. The highest BCUT2D eigenvalue weighted by Crippen LogP contribution is 2.11. The summed E-state index contributed by atoms with van der Waals surface area (Å²) in [5.74, 6) is 0.329. The molecule has 0 spiro atoms. The molecule has 0 bridgehead atoms. The van der Waals surface area contributed by atoms with E-state index in [1.165, 1.54) is 0 Å². The van der Waals surface area contributed by atoms with Crippen molar-refractivity contribution in [3.05, 3.63) is 47.7 Å². The summed E-state index contributed by atoms with van der Waals surface area (Å²) in [6, 6.07) is 10.9. The number of benzene rings is 1. The lowest BCUT2D eigenvalue weighted by Crippen LogP contribution is -2.15. The van der Waals surface area contributed by atoms with Crippen LogP contribution in [-0.2, 0) is 4.74 Å². The lowest BCUT2D eigenvalue weighted by Gasteiger charge is -2.06. The molecule has 21 heavy (non-hydrogen) atoms. The van der Waals surface area contributed by atoms with E-state index in [1.807, 2.05) is 31.2 Å². The number of aromatic nitrogens is 2. The number of carbonyl (C=O) groups is 1. The second-order valence-corrected chi connectivity index (χ2v) is 4.55. The van der Waals surface area contributed by atoms with Crippen molar-refractivity contribution < 1.29 is 9.53 Å². The van der Waals surface area contributed by atoms with E-state index in [4.69, 9.17) is 4.74 Å². The second kappa shape index (κ2) is 7.35. The van der Waals surface area contributed by atoms with Gasteiger partial charge in [-0.3, -0.25) is 4.79 Å². The Hall–Kier alpha value is -2.47. The van der Waals surface area contributed by atoms with E-state index in [1.54, 1.807) is 19.2 Å². The zero-order chi connectivity index (χ0) is 15.1. The smallest absolute Gasteiger partial charge is 0.276 e. The number of hydrogen-bond donors (Lipinski definition) is 2. The van der Waals surface area contributed by atoms with Gasteiger partial charge in [-0.15, -0.1) is 10.2 Å². The zero-order valence-electron chi connectivity index (χ0n) is 12.1. The molecule has 0 saturated carbocycles. The van der Waals surface area contributed by atoms with Crippen LogP contribution < -0.4 is 10.6 Å². The van der Waals surface area contributed by atoms with Crippen LogP contribution in [0, 0.1) is 6.92 Å². The van der Waals surface area contributed by atoms with Crippen LogP contribution >= 0.6 is 0 Å². The number of rotatable bonds is 6. The molecule has 2 N–H and O–H groups in total. The fourth-order valence-corrected chi connectivity index (χ4v) is 1.75. The summed E-state index contributed by atoms with van der Waals surface area (Å²) in [5, 5.41) is 13.7. The number of aryl methyl sites for hydroxylation is 1. The first kappa shape index (κ1) is 14.9. The van der Waals surface area contributed by atoms with Gasteiger partial charge < -0.3 is 15.4 Å². The lowest BCUT2D eigenvalue weighted by atomic mass is 10.2. The Bertz CT molecular complexity index is 599. The quantitative estimate of drug-likeness (QED) is 0.795. The Kier molecular flexibility index (Phi) is 5.22. The van der Waals surface area contributed by atoms with Gasteiger partial charge in [0.05, 0.1) is 6.61 Å². The van der Waals surface area contributed by atoms with Gasteiger partial charge >= 0.3 is 0 Å².